The molecule has 100 valence electrons. The minimum Gasteiger partial charge on any atom is -0.397 e. The molecule has 0 fully saturated rings. The van der Waals surface area contributed by atoms with E-state index >= 15 is 0 Å². The molecule has 1 rings (SSSR count). The Morgan fingerprint density at radius 2 is 2.11 bits per heavy atom. The first-order valence-electron chi connectivity index (χ1n) is 6.04. The van der Waals surface area contributed by atoms with Gasteiger partial charge >= 0.3 is 0 Å². The summed E-state index contributed by atoms with van der Waals surface area (Å²) < 4.78 is 0. The van der Waals surface area contributed by atoms with Gasteiger partial charge in [0.2, 0.25) is 5.91 Å². The summed E-state index contributed by atoms with van der Waals surface area (Å²) in [6, 6.07) is 5.32. The van der Waals surface area contributed by atoms with Crippen molar-refractivity contribution in [3.63, 3.8) is 0 Å². The predicted octanol–water partition coefficient (Wildman–Crippen LogP) is 0.965. The zero-order valence-electron chi connectivity index (χ0n) is 10.9. The lowest BCUT2D eigenvalue weighted by Crippen LogP contribution is -2.33. The Bertz CT molecular complexity index is 419. The second kappa shape index (κ2) is 6.26. The van der Waals surface area contributed by atoms with Gasteiger partial charge in [0, 0.05) is 24.8 Å². The van der Waals surface area contributed by atoms with Crippen molar-refractivity contribution in [3.05, 3.63) is 23.8 Å². The molecule has 0 spiro atoms. The molecule has 5 nitrogen and oxygen atoms in total. The lowest BCUT2D eigenvalue weighted by atomic mass is 10.1. The van der Waals surface area contributed by atoms with Gasteiger partial charge in [0.15, 0.2) is 0 Å². The van der Waals surface area contributed by atoms with Crippen molar-refractivity contribution < 1.29 is 9.90 Å². The number of nitrogens with zero attached hydrogens (tertiary/aromatic N) is 1. The number of hydrogen-bond acceptors (Lipinski definition) is 4. The van der Waals surface area contributed by atoms with Crippen molar-refractivity contribution in [1.82, 2.24) is 0 Å². The van der Waals surface area contributed by atoms with Crippen LogP contribution in [-0.4, -0.2) is 30.2 Å². The van der Waals surface area contributed by atoms with E-state index in [1.54, 1.807) is 18.2 Å². The van der Waals surface area contributed by atoms with Crippen molar-refractivity contribution in [2.45, 2.75) is 26.3 Å². The van der Waals surface area contributed by atoms with Gasteiger partial charge in [0.25, 0.3) is 0 Å². The van der Waals surface area contributed by atoms with E-state index in [2.05, 4.69) is 18.7 Å². The van der Waals surface area contributed by atoms with E-state index in [9.17, 15) is 4.79 Å². The molecule has 0 aliphatic heterocycles. The third-order valence-corrected chi connectivity index (χ3v) is 2.80. The van der Waals surface area contributed by atoms with E-state index in [-0.39, 0.29) is 12.6 Å². The molecule has 0 radical (unpaired) electrons. The molecule has 0 bridgehead atoms. The summed E-state index contributed by atoms with van der Waals surface area (Å²) in [7, 11) is 0. The molecule has 0 aliphatic rings. The van der Waals surface area contributed by atoms with E-state index in [4.69, 9.17) is 16.6 Å². The quantitative estimate of drug-likeness (QED) is 0.657. The maximum atomic E-state index is 11.1. The van der Waals surface area contributed by atoms with E-state index < -0.39 is 5.91 Å². The molecule has 0 saturated heterocycles. The lowest BCUT2D eigenvalue weighted by Gasteiger charge is -2.30. The predicted molar refractivity (Wildman–Crippen MR) is 73.6 cm³/mol. The highest BCUT2D eigenvalue weighted by Crippen LogP contribution is 2.26. The zero-order valence-corrected chi connectivity index (χ0v) is 10.9. The van der Waals surface area contributed by atoms with Crippen molar-refractivity contribution >= 4 is 17.3 Å². The van der Waals surface area contributed by atoms with Crippen LogP contribution < -0.4 is 16.4 Å². The van der Waals surface area contributed by atoms with Crippen molar-refractivity contribution in [2.75, 3.05) is 23.8 Å². The summed E-state index contributed by atoms with van der Waals surface area (Å²) in [5.74, 6) is -0.486. The number of primary amides is 1. The van der Waals surface area contributed by atoms with Crippen LogP contribution in [0.15, 0.2) is 18.2 Å². The highest BCUT2D eigenvalue weighted by atomic mass is 16.3. The van der Waals surface area contributed by atoms with Gasteiger partial charge in [-0.15, -0.1) is 0 Å². The van der Waals surface area contributed by atoms with Gasteiger partial charge in [-0.25, -0.2) is 0 Å². The van der Waals surface area contributed by atoms with Gasteiger partial charge in [-0.1, -0.05) is 0 Å². The first-order chi connectivity index (χ1) is 8.47. The molecule has 0 aliphatic carbocycles. The molecular formula is C13H21N3O2. The molecule has 1 aromatic carbocycles. The molecule has 18 heavy (non-hydrogen) atoms. The van der Waals surface area contributed by atoms with Crippen LogP contribution in [0.4, 0.5) is 11.4 Å². The minimum atomic E-state index is -0.486. The highest BCUT2D eigenvalue weighted by Gasteiger charge is 2.14. The smallest absolute Gasteiger partial charge is 0.248 e. The summed E-state index contributed by atoms with van der Waals surface area (Å²) >= 11 is 0. The monoisotopic (exact) mass is 251 g/mol. The van der Waals surface area contributed by atoms with Crippen LogP contribution >= 0.6 is 0 Å². The molecule has 0 aromatic heterocycles. The van der Waals surface area contributed by atoms with E-state index in [1.165, 1.54) is 0 Å². The first kappa shape index (κ1) is 14.3. The molecular weight excluding hydrogens is 230 g/mol. The molecule has 0 saturated carbocycles. The SMILES string of the molecule is CC(C)N(CCCO)c1ccc(C(N)=O)cc1N. The van der Waals surface area contributed by atoms with Crippen molar-refractivity contribution in [3.8, 4) is 0 Å². The summed E-state index contributed by atoms with van der Waals surface area (Å²) in [5.41, 5.74) is 13.0. The molecule has 5 heteroatoms. The van der Waals surface area contributed by atoms with Crippen LogP contribution in [0, 0.1) is 0 Å². The molecule has 0 heterocycles. The number of rotatable bonds is 6. The van der Waals surface area contributed by atoms with Crippen LogP contribution in [-0.2, 0) is 0 Å². The topological polar surface area (TPSA) is 92.6 Å². The summed E-state index contributed by atoms with van der Waals surface area (Å²) in [6.45, 7) is 4.97. The van der Waals surface area contributed by atoms with E-state index in [1.807, 2.05) is 0 Å². The molecule has 0 unspecified atom stereocenters. The second-order valence-electron chi connectivity index (χ2n) is 4.50. The van der Waals surface area contributed by atoms with Crippen LogP contribution in [0.1, 0.15) is 30.6 Å². The highest BCUT2D eigenvalue weighted by molar-refractivity contribution is 5.94. The summed E-state index contributed by atoms with van der Waals surface area (Å²) in [6.07, 6.45) is 0.676. The Hall–Kier alpha value is -1.75. The Labute approximate surface area is 107 Å². The van der Waals surface area contributed by atoms with Crippen LogP contribution in [0.25, 0.3) is 0 Å². The lowest BCUT2D eigenvalue weighted by molar-refractivity contribution is 0.100. The third-order valence-electron chi connectivity index (χ3n) is 2.80. The number of nitrogen functional groups attached to an aromatic ring is 1. The number of hydrogen-bond donors (Lipinski definition) is 3. The average molecular weight is 251 g/mol. The van der Waals surface area contributed by atoms with Crippen molar-refractivity contribution in [1.29, 1.82) is 0 Å². The van der Waals surface area contributed by atoms with E-state index in [0.29, 0.717) is 24.2 Å². The van der Waals surface area contributed by atoms with Gasteiger partial charge in [0.1, 0.15) is 0 Å². The first-order valence-corrected chi connectivity index (χ1v) is 6.04. The fourth-order valence-electron chi connectivity index (χ4n) is 1.87. The fraction of sp³-hybridized carbons (Fsp3) is 0.462. The normalized spacial score (nSPS) is 10.7. The van der Waals surface area contributed by atoms with Crippen LogP contribution in [0.2, 0.25) is 0 Å². The molecule has 1 amide bonds. The van der Waals surface area contributed by atoms with Gasteiger partial charge < -0.3 is 21.5 Å². The number of nitrogens with two attached hydrogens (primary N) is 2. The summed E-state index contributed by atoms with van der Waals surface area (Å²) in [4.78, 5) is 13.2. The third kappa shape index (κ3) is 3.37. The number of aliphatic hydroxyl groups is 1. The van der Waals surface area contributed by atoms with Crippen molar-refractivity contribution in [2.24, 2.45) is 5.73 Å². The maximum Gasteiger partial charge on any atom is 0.248 e. The minimum absolute atomic E-state index is 0.141. The Morgan fingerprint density at radius 3 is 2.56 bits per heavy atom. The number of amides is 1. The molecule has 0 atom stereocenters. The van der Waals surface area contributed by atoms with Crippen LogP contribution in [0.5, 0.6) is 0 Å². The second-order valence-corrected chi connectivity index (χ2v) is 4.50. The Morgan fingerprint density at radius 1 is 1.44 bits per heavy atom. The Balaban J connectivity index is 3.01. The maximum absolute atomic E-state index is 11.1. The van der Waals surface area contributed by atoms with Gasteiger partial charge in [-0.3, -0.25) is 4.79 Å². The molecule has 1 aromatic rings. The standard InChI is InChI=1S/C13H21N3O2/c1-9(2)16(6-3-7-17)12-5-4-10(13(15)18)8-11(12)14/h4-5,8-9,17H,3,6-7,14H2,1-2H3,(H2,15,18). The van der Waals surface area contributed by atoms with Gasteiger partial charge in [-0.2, -0.15) is 0 Å². The van der Waals surface area contributed by atoms with E-state index in [0.717, 1.165) is 5.69 Å². The van der Waals surface area contributed by atoms with Gasteiger partial charge in [0.05, 0.1) is 11.4 Å². The number of carbonyl (C=O) groups is 1. The number of aliphatic hydroxyl groups excluding tert-OH is 1. The van der Waals surface area contributed by atoms with Gasteiger partial charge in [-0.05, 0) is 38.5 Å². The molecule has 5 N–H and O–H groups in total. The largest absolute Gasteiger partial charge is 0.397 e. The van der Waals surface area contributed by atoms with Crippen LogP contribution in [0.3, 0.4) is 0 Å². The summed E-state index contributed by atoms with van der Waals surface area (Å²) in [5, 5.41) is 8.91. The average Bonchev–Trinajstić information content (AvgIpc) is 2.30. The zero-order chi connectivity index (χ0) is 13.7. The number of benzene rings is 1. The number of anilines is 2. The fourth-order valence-corrected chi connectivity index (χ4v) is 1.87. The Kier molecular flexibility index (Phi) is 4.97. The number of carbonyl (C=O) groups excluding carboxylic acids is 1.